The number of aromatic nitrogens is 3. The van der Waals surface area contributed by atoms with Crippen molar-refractivity contribution >= 4 is 39.6 Å². The summed E-state index contributed by atoms with van der Waals surface area (Å²) < 4.78 is 32.5. The molecule has 200 valence electrons. The van der Waals surface area contributed by atoms with Crippen LogP contribution in [-0.4, -0.2) is 79.4 Å². The molecule has 0 bridgehead atoms. The number of piperazine rings is 1. The highest BCUT2D eigenvalue weighted by Gasteiger charge is 2.28. The van der Waals surface area contributed by atoms with Crippen molar-refractivity contribution in [3.05, 3.63) is 53.7 Å². The molecule has 0 spiro atoms. The number of aldehydes is 1. The van der Waals surface area contributed by atoms with E-state index in [1.807, 2.05) is 6.07 Å². The van der Waals surface area contributed by atoms with Crippen molar-refractivity contribution in [2.75, 3.05) is 54.8 Å². The first-order valence-corrected chi connectivity index (χ1v) is 13.8. The first-order chi connectivity index (χ1) is 18.5. The molecular weight excluding hydrogens is 512 g/mol. The topological polar surface area (TPSA) is 163 Å². The van der Waals surface area contributed by atoms with Crippen LogP contribution >= 0.6 is 0 Å². The number of hydrogen-bond donors (Lipinski definition) is 3. The summed E-state index contributed by atoms with van der Waals surface area (Å²) in [5.74, 6) is -0.828. The molecule has 3 N–H and O–H groups in total. The molecule has 0 aliphatic carbocycles. The molecule has 13 nitrogen and oxygen atoms in total. The van der Waals surface area contributed by atoms with E-state index in [9.17, 15) is 18.0 Å². The zero-order chi connectivity index (χ0) is 26.5. The summed E-state index contributed by atoms with van der Waals surface area (Å²) in [5, 5.41) is 16.6. The molecule has 2 aromatic heterocycles. The first-order valence-electron chi connectivity index (χ1n) is 12.3. The van der Waals surface area contributed by atoms with Crippen molar-refractivity contribution in [1.29, 1.82) is 0 Å². The highest BCUT2D eigenvalue weighted by molar-refractivity contribution is 7.89. The molecule has 1 amide bonds. The van der Waals surface area contributed by atoms with Gasteiger partial charge in [-0.25, -0.2) is 8.42 Å². The van der Waals surface area contributed by atoms with E-state index in [1.165, 1.54) is 16.4 Å². The average Bonchev–Trinajstić information content (AvgIpc) is 3.66. The molecule has 5 rings (SSSR count). The predicted octanol–water partition coefficient (Wildman–Crippen LogP) is 1.34. The van der Waals surface area contributed by atoms with Gasteiger partial charge in [0, 0.05) is 57.6 Å². The van der Waals surface area contributed by atoms with Gasteiger partial charge in [0.2, 0.25) is 10.0 Å². The molecule has 14 heteroatoms. The van der Waals surface area contributed by atoms with Gasteiger partial charge < -0.3 is 25.3 Å². The Morgan fingerprint density at radius 1 is 1.11 bits per heavy atom. The van der Waals surface area contributed by atoms with E-state index in [0.717, 1.165) is 44.7 Å². The van der Waals surface area contributed by atoms with Crippen molar-refractivity contribution in [1.82, 2.24) is 24.8 Å². The normalized spacial score (nSPS) is 16.4. The molecule has 4 heterocycles. The smallest absolute Gasteiger partial charge is 0.316 e. The van der Waals surface area contributed by atoms with Crippen molar-refractivity contribution < 1.29 is 22.4 Å². The second-order valence-electron chi connectivity index (χ2n) is 8.94. The van der Waals surface area contributed by atoms with Crippen molar-refractivity contribution in [2.45, 2.75) is 24.3 Å². The Kier molecular flexibility index (Phi) is 7.62. The summed E-state index contributed by atoms with van der Waals surface area (Å²) in [7, 11) is -3.64. The number of nitrogens with zero attached hydrogens (tertiary/aromatic N) is 5. The molecule has 0 unspecified atom stereocenters. The van der Waals surface area contributed by atoms with Gasteiger partial charge in [-0.3, -0.25) is 14.6 Å². The summed E-state index contributed by atoms with van der Waals surface area (Å²) in [6, 6.07) is 6.24. The third-order valence-electron chi connectivity index (χ3n) is 6.50. The van der Waals surface area contributed by atoms with Crippen LogP contribution in [0.3, 0.4) is 0 Å². The van der Waals surface area contributed by atoms with E-state index < -0.39 is 15.9 Å². The minimum absolute atomic E-state index is 0.0192. The third kappa shape index (κ3) is 5.51. The van der Waals surface area contributed by atoms with E-state index in [1.54, 1.807) is 18.5 Å². The summed E-state index contributed by atoms with van der Waals surface area (Å²) in [5.41, 5.74) is 2.16. The summed E-state index contributed by atoms with van der Waals surface area (Å²) in [4.78, 5) is 30.8. The van der Waals surface area contributed by atoms with Gasteiger partial charge in [0.25, 0.3) is 0 Å². The molecule has 2 aliphatic heterocycles. The quantitative estimate of drug-likeness (QED) is 0.336. The van der Waals surface area contributed by atoms with Gasteiger partial charge in [-0.05, 0) is 36.6 Å². The molecule has 2 fully saturated rings. The Bertz CT molecular complexity index is 1410. The molecule has 2 aliphatic rings. The molecular formula is C24H28N8O5S. The standard InChI is InChI=1S/C24H28N8O5S/c33-16-18-13-19(38(35,36)32-9-1-2-10-32)4-3-17(18)14-27-24-30-29-23(37-24)22(34)28-20-15-26-6-5-21(20)31-11-7-25-8-12-31/h3-6,13,15-16,25H,1-2,7-12,14H2,(H,27,30)(H,28,34). The lowest BCUT2D eigenvalue weighted by Gasteiger charge is -2.30. The number of carbonyl (C=O) groups excluding carboxylic acids is 2. The maximum atomic E-state index is 12.8. The molecule has 0 saturated carbocycles. The Morgan fingerprint density at radius 3 is 2.66 bits per heavy atom. The third-order valence-corrected chi connectivity index (χ3v) is 8.39. The number of amides is 1. The van der Waals surface area contributed by atoms with Gasteiger partial charge in [-0.2, -0.15) is 4.31 Å². The Labute approximate surface area is 219 Å². The summed E-state index contributed by atoms with van der Waals surface area (Å²) in [6.07, 6.45) is 5.50. The molecule has 1 aromatic carbocycles. The number of nitrogens with one attached hydrogen (secondary N) is 3. The fraction of sp³-hybridized carbons (Fsp3) is 0.375. The van der Waals surface area contributed by atoms with Crippen molar-refractivity contribution in [2.24, 2.45) is 0 Å². The Balaban J connectivity index is 1.24. The number of sulfonamides is 1. The van der Waals surface area contributed by atoms with Gasteiger partial charge in [0.15, 0.2) is 0 Å². The lowest BCUT2D eigenvalue weighted by Crippen LogP contribution is -2.43. The minimum Gasteiger partial charge on any atom is -0.399 e. The highest BCUT2D eigenvalue weighted by Crippen LogP contribution is 2.26. The largest absolute Gasteiger partial charge is 0.399 e. The molecule has 38 heavy (non-hydrogen) atoms. The fourth-order valence-electron chi connectivity index (χ4n) is 4.48. The van der Waals surface area contributed by atoms with Crippen LogP contribution in [0.5, 0.6) is 0 Å². The first kappa shape index (κ1) is 25.8. The lowest BCUT2D eigenvalue weighted by atomic mass is 10.1. The molecule has 0 atom stereocenters. The van der Waals surface area contributed by atoms with Gasteiger partial charge >= 0.3 is 17.8 Å². The molecule has 0 radical (unpaired) electrons. The fourth-order valence-corrected chi connectivity index (χ4v) is 6.03. The lowest BCUT2D eigenvalue weighted by molar-refractivity contribution is 0.0990. The zero-order valence-corrected chi connectivity index (χ0v) is 21.4. The predicted molar refractivity (Wildman–Crippen MR) is 139 cm³/mol. The minimum atomic E-state index is -3.64. The number of anilines is 3. The molecule has 2 saturated heterocycles. The van der Waals surface area contributed by atoms with Gasteiger partial charge in [-0.15, -0.1) is 5.10 Å². The monoisotopic (exact) mass is 540 g/mol. The van der Waals surface area contributed by atoms with Crippen LogP contribution in [0.15, 0.2) is 46.0 Å². The van der Waals surface area contributed by atoms with E-state index in [-0.39, 0.29) is 28.9 Å². The second-order valence-corrected chi connectivity index (χ2v) is 10.9. The zero-order valence-electron chi connectivity index (χ0n) is 20.6. The average molecular weight is 541 g/mol. The van der Waals surface area contributed by atoms with E-state index in [2.05, 4.69) is 36.0 Å². The van der Waals surface area contributed by atoms with Crippen molar-refractivity contribution in [3.8, 4) is 0 Å². The summed E-state index contributed by atoms with van der Waals surface area (Å²) >= 11 is 0. The Morgan fingerprint density at radius 2 is 1.89 bits per heavy atom. The SMILES string of the molecule is O=Cc1cc(S(=O)(=O)N2CCCC2)ccc1CNc1nnc(C(=O)Nc2cnccc2N2CCNCC2)o1. The van der Waals surface area contributed by atoms with E-state index in [4.69, 9.17) is 4.42 Å². The van der Waals surface area contributed by atoms with Crippen LogP contribution < -0.4 is 20.9 Å². The van der Waals surface area contributed by atoms with Crippen molar-refractivity contribution in [3.63, 3.8) is 0 Å². The van der Waals surface area contributed by atoms with Crippen LogP contribution in [0.1, 0.15) is 39.4 Å². The van der Waals surface area contributed by atoms with Gasteiger partial charge in [0.05, 0.1) is 22.5 Å². The Hall–Kier alpha value is -3.88. The number of pyridine rings is 1. The summed E-state index contributed by atoms with van der Waals surface area (Å²) in [6.45, 7) is 4.36. The van der Waals surface area contributed by atoms with E-state index in [0.29, 0.717) is 30.6 Å². The van der Waals surface area contributed by atoms with Gasteiger partial charge in [-0.1, -0.05) is 11.2 Å². The maximum absolute atomic E-state index is 12.8. The van der Waals surface area contributed by atoms with Crippen LogP contribution in [0.25, 0.3) is 0 Å². The van der Waals surface area contributed by atoms with Crippen LogP contribution in [-0.2, 0) is 16.6 Å². The van der Waals surface area contributed by atoms with Crippen LogP contribution in [0.4, 0.5) is 17.4 Å². The maximum Gasteiger partial charge on any atom is 0.316 e. The number of hydrogen-bond acceptors (Lipinski definition) is 11. The van der Waals surface area contributed by atoms with Crippen LogP contribution in [0, 0.1) is 0 Å². The highest BCUT2D eigenvalue weighted by atomic mass is 32.2. The molecule has 3 aromatic rings. The number of benzene rings is 1. The second kappa shape index (κ2) is 11.2. The number of rotatable bonds is 9. The van der Waals surface area contributed by atoms with E-state index >= 15 is 0 Å². The van der Waals surface area contributed by atoms with Gasteiger partial charge in [0.1, 0.15) is 6.29 Å². The number of carbonyl (C=O) groups is 2. The van der Waals surface area contributed by atoms with Crippen LogP contribution in [0.2, 0.25) is 0 Å².